The lowest BCUT2D eigenvalue weighted by Gasteiger charge is -2.34. The fraction of sp³-hybridized carbons (Fsp3) is 0.583. The molecule has 0 radical (unpaired) electrons. The molecule has 0 aromatic carbocycles. The van der Waals surface area contributed by atoms with E-state index in [0.717, 1.165) is 0 Å². The first-order valence-corrected chi connectivity index (χ1v) is 6.59. The molecule has 7 nitrogen and oxygen atoms in total. The molecule has 0 amide bonds. The topological polar surface area (TPSA) is 88.1 Å². The van der Waals surface area contributed by atoms with Crippen molar-refractivity contribution in [3.8, 4) is 0 Å². The van der Waals surface area contributed by atoms with Gasteiger partial charge in [0.05, 0.1) is 10.7 Å². The molecule has 1 aliphatic rings. The molecule has 0 saturated carbocycles. The van der Waals surface area contributed by atoms with Gasteiger partial charge in [0.1, 0.15) is 6.61 Å². The highest BCUT2D eigenvalue weighted by molar-refractivity contribution is 9.11. The van der Waals surface area contributed by atoms with Crippen molar-refractivity contribution in [2.24, 2.45) is 0 Å². The maximum atomic E-state index is 11.2. The van der Waals surface area contributed by atoms with Gasteiger partial charge in [-0.3, -0.25) is 14.4 Å². The monoisotopic (exact) mass is 350 g/mol. The zero-order valence-electron chi connectivity index (χ0n) is 11.3. The molecule has 0 aromatic heterocycles. The van der Waals surface area contributed by atoms with Crippen molar-refractivity contribution in [2.75, 3.05) is 6.61 Å². The molecule has 20 heavy (non-hydrogen) atoms. The van der Waals surface area contributed by atoms with Crippen molar-refractivity contribution < 1.29 is 33.3 Å². The minimum Gasteiger partial charge on any atom is -0.489 e. The lowest BCUT2D eigenvalue weighted by Crippen LogP contribution is -2.48. The Morgan fingerprint density at radius 2 is 1.75 bits per heavy atom. The maximum absolute atomic E-state index is 11.2. The average molecular weight is 351 g/mol. The van der Waals surface area contributed by atoms with E-state index >= 15 is 0 Å². The summed E-state index contributed by atoms with van der Waals surface area (Å²) >= 11 is 3.18. The smallest absolute Gasteiger partial charge is 0.303 e. The molecule has 0 N–H and O–H groups in total. The van der Waals surface area contributed by atoms with Gasteiger partial charge < -0.3 is 18.9 Å². The first-order valence-electron chi connectivity index (χ1n) is 5.80. The molecule has 0 aromatic rings. The fourth-order valence-electron chi connectivity index (χ4n) is 1.61. The van der Waals surface area contributed by atoms with Crippen LogP contribution >= 0.6 is 15.9 Å². The van der Waals surface area contributed by atoms with Gasteiger partial charge in [0.25, 0.3) is 0 Å². The molecule has 3 atom stereocenters. The summed E-state index contributed by atoms with van der Waals surface area (Å²) in [5.41, 5.74) is 0. The third kappa shape index (κ3) is 4.84. The Bertz CT molecular complexity index is 432. The Morgan fingerprint density at radius 1 is 1.15 bits per heavy atom. The van der Waals surface area contributed by atoms with E-state index in [1.54, 1.807) is 0 Å². The molecular weight excluding hydrogens is 336 g/mol. The number of hydrogen-bond donors (Lipinski definition) is 0. The predicted molar refractivity (Wildman–Crippen MR) is 69.6 cm³/mol. The van der Waals surface area contributed by atoms with E-state index < -0.39 is 36.2 Å². The summed E-state index contributed by atoms with van der Waals surface area (Å²) < 4.78 is 20.8. The number of halogens is 1. The van der Waals surface area contributed by atoms with Gasteiger partial charge in [0.2, 0.25) is 0 Å². The van der Waals surface area contributed by atoms with Crippen molar-refractivity contribution in [3.63, 3.8) is 0 Å². The summed E-state index contributed by atoms with van der Waals surface area (Å²) in [6.45, 7) is 3.59. The molecule has 0 spiro atoms. The molecule has 0 saturated heterocycles. The molecule has 1 aliphatic heterocycles. The summed E-state index contributed by atoms with van der Waals surface area (Å²) in [5.74, 6) is -1.59. The van der Waals surface area contributed by atoms with Gasteiger partial charge in [-0.25, -0.2) is 0 Å². The van der Waals surface area contributed by atoms with Crippen LogP contribution in [-0.4, -0.2) is 42.8 Å². The molecular formula is C12H15BrO7. The minimum atomic E-state index is -0.907. The quantitative estimate of drug-likeness (QED) is 0.553. The summed E-state index contributed by atoms with van der Waals surface area (Å²) in [6, 6.07) is 0. The van der Waals surface area contributed by atoms with Crippen molar-refractivity contribution in [2.45, 2.75) is 39.1 Å². The van der Waals surface area contributed by atoms with Crippen LogP contribution in [0.3, 0.4) is 0 Å². The molecule has 112 valence electrons. The molecule has 3 unspecified atom stereocenters. The highest BCUT2D eigenvalue weighted by Gasteiger charge is 2.41. The molecule has 1 heterocycles. The van der Waals surface area contributed by atoms with Crippen molar-refractivity contribution in [1.82, 2.24) is 0 Å². The lowest BCUT2D eigenvalue weighted by molar-refractivity contribution is -0.179. The normalized spacial score (nSPS) is 25.0. The summed E-state index contributed by atoms with van der Waals surface area (Å²) in [5, 5.41) is 0. The Hall–Kier alpha value is -1.57. The molecule has 1 rings (SSSR count). The molecule has 8 heteroatoms. The average Bonchev–Trinajstić information content (AvgIpc) is 2.31. The van der Waals surface area contributed by atoms with E-state index in [2.05, 4.69) is 15.9 Å². The Balaban J connectivity index is 2.90. The highest BCUT2D eigenvalue weighted by Crippen LogP contribution is 2.28. The number of carbonyl (C=O) groups excluding carboxylic acids is 3. The van der Waals surface area contributed by atoms with Crippen molar-refractivity contribution >= 4 is 33.8 Å². The van der Waals surface area contributed by atoms with Gasteiger partial charge in [-0.1, -0.05) is 0 Å². The van der Waals surface area contributed by atoms with E-state index in [9.17, 15) is 14.4 Å². The number of ether oxygens (including phenoxy) is 4. The first-order chi connectivity index (χ1) is 9.31. The van der Waals surface area contributed by atoms with Crippen LogP contribution in [0.4, 0.5) is 0 Å². The third-order valence-corrected chi connectivity index (χ3v) is 2.98. The molecule has 0 fully saturated rings. The summed E-state index contributed by atoms with van der Waals surface area (Å²) in [7, 11) is 0. The second-order valence-corrected chi connectivity index (χ2v) is 5.00. The van der Waals surface area contributed by atoms with E-state index in [1.807, 2.05) is 0 Å². The van der Waals surface area contributed by atoms with E-state index in [4.69, 9.17) is 18.9 Å². The molecule has 0 aliphatic carbocycles. The van der Waals surface area contributed by atoms with Gasteiger partial charge in [-0.15, -0.1) is 0 Å². The van der Waals surface area contributed by atoms with Crippen LogP contribution in [0.25, 0.3) is 0 Å². The summed E-state index contributed by atoms with van der Waals surface area (Å²) in [6.07, 6.45) is -1.18. The first kappa shape index (κ1) is 16.5. The van der Waals surface area contributed by atoms with Crippen LogP contribution in [-0.2, 0) is 33.3 Å². The number of hydrogen-bond acceptors (Lipinski definition) is 7. The zero-order chi connectivity index (χ0) is 15.3. The largest absolute Gasteiger partial charge is 0.489 e. The zero-order valence-corrected chi connectivity index (χ0v) is 12.8. The fourth-order valence-corrected chi connectivity index (χ4v) is 2.08. The number of carbonyl (C=O) groups is 3. The Labute approximate surface area is 124 Å². The standard InChI is InChI=1S/C12H15BrO7/c1-6(14)17-5-10-12(20-8(3)16)11(19-7(2)15)9(13)4-18-10/h4,10-12H,5H2,1-3H3. The highest BCUT2D eigenvalue weighted by atomic mass is 79.9. The lowest BCUT2D eigenvalue weighted by atomic mass is 10.1. The van der Waals surface area contributed by atoms with Gasteiger partial charge in [-0.2, -0.15) is 0 Å². The van der Waals surface area contributed by atoms with Crippen LogP contribution in [0.15, 0.2) is 10.7 Å². The van der Waals surface area contributed by atoms with Gasteiger partial charge in [0, 0.05) is 20.8 Å². The Morgan fingerprint density at radius 3 is 2.25 bits per heavy atom. The second kappa shape index (κ2) is 7.28. The number of esters is 3. The molecule has 0 bridgehead atoms. The van der Waals surface area contributed by atoms with Gasteiger partial charge in [0.15, 0.2) is 18.3 Å². The van der Waals surface area contributed by atoms with E-state index in [-0.39, 0.29) is 6.61 Å². The second-order valence-electron chi connectivity index (χ2n) is 4.08. The van der Waals surface area contributed by atoms with E-state index in [0.29, 0.717) is 4.48 Å². The van der Waals surface area contributed by atoms with Crippen LogP contribution < -0.4 is 0 Å². The maximum Gasteiger partial charge on any atom is 0.303 e. The minimum absolute atomic E-state index is 0.123. The van der Waals surface area contributed by atoms with Crippen LogP contribution in [0, 0.1) is 0 Å². The van der Waals surface area contributed by atoms with Gasteiger partial charge >= 0.3 is 17.9 Å². The van der Waals surface area contributed by atoms with Crippen molar-refractivity contribution in [3.05, 3.63) is 10.7 Å². The SMILES string of the molecule is CC(=O)OCC1OC=C(Br)C(OC(C)=O)C1OC(C)=O. The Kier molecular flexibility index (Phi) is 6.00. The predicted octanol–water partition coefficient (Wildman–Crippen LogP) is 1.05. The summed E-state index contributed by atoms with van der Waals surface area (Å²) in [4.78, 5) is 33.1. The van der Waals surface area contributed by atoms with Crippen molar-refractivity contribution in [1.29, 1.82) is 0 Å². The third-order valence-electron chi connectivity index (χ3n) is 2.34. The van der Waals surface area contributed by atoms with Crippen LogP contribution in [0.5, 0.6) is 0 Å². The number of rotatable bonds is 4. The van der Waals surface area contributed by atoms with Crippen LogP contribution in [0.2, 0.25) is 0 Å². The van der Waals surface area contributed by atoms with Gasteiger partial charge in [-0.05, 0) is 15.9 Å². The van der Waals surface area contributed by atoms with E-state index in [1.165, 1.54) is 27.0 Å². The van der Waals surface area contributed by atoms with Crippen LogP contribution in [0.1, 0.15) is 20.8 Å².